The number of hydrogen-bond donors (Lipinski definition) is 0. The zero-order chi connectivity index (χ0) is 27.2. The topological polar surface area (TPSA) is 69.4 Å². The number of fused-ring (bicyclic) bond motifs is 1. The van der Waals surface area contributed by atoms with E-state index < -0.39 is 30.3 Å². The van der Waals surface area contributed by atoms with E-state index in [1.165, 1.54) is 22.7 Å². The fraction of sp³-hybridized carbons (Fsp3) is 0.333. The van der Waals surface area contributed by atoms with Crippen LogP contribution < -0.4 is 5.56 Å². The fourth-order valence-corrected chi connectivity index (χ4v) is 4.71. The molecule has 6 nitrogen and oxygen atoms in total. The van der Waals surface area contributed by atoms with Crippen molar-refractivity contribution < 1.29 is 26.7 Å². The second kappa shape index (κ2) is 9.86. The molecular formula is C27H23F5N4O2. The molecule has 0 amide bonds. The normalized spacial score (nSPS) is 18.2. The van der Waals surface area contributed by atoms with E-state index in [1.54, 1.807) is 26.1 Å². The zero-order valence-corrected chi connectivity index (χ0v) is 20.5. The molecule has 0 saturated carbocycles. The third-order valence-electron chi connectivity index (χ3n) is 6.78. The smallest absolute Gasteiger partial charge is 0.373 e. The minimum Gasteiger partial charge on any atom is -0.373 e. The average molecular weight is 530 g/mol. The quantitative estimate of drug-likeness (QED) is 0.313. The van der Waals surface area contributed by atoms with Crippen molar-refractivity contribution in [1.29, 1.82) is 0 Å². The Morgan fingerprint density at radius 2 is 1.89 bits per heavy atom. The number of benzene rings is 1. The first-order valence-corrected chi connectivity index (χ1v) is 12.0. The summed E-state index contributed by atoms with van der Waals surface area (Å²) in [5.41, 5.74) is 1.70. The molecule has 38 heavy (non-hydrogen) atoms. The fourth-order valence-electron chi connectivity index (χ4n) is 4.71. The number of ether oxygens (including phenoxy) is 1. The lowest BCUT2D eigenvalue weighted by molar-refractivity contribution is -0.127. The maximum absolute atomic E-state index is 14.9. The van der Waals surface area contributed by atoms with E-state index in [4.69, 9.17) is 9.72 Å². The maximum Gasteiger partial charge on any atom is 0.394 e. The van der Waals surface area contributed by atoms with Crippen molar-refractivity contribution in [2.24, 2.45) is 0 Å². The minimum absolute atomic E-state index is 0.00422. The van der Waals surface area contributed by atoms with Gasteiger partial charge in [0.1, 0.15) is 17.3 Å². The highest BCUT2D eigenvalue weighted by Gasteiger charge is 2.31. The van der Waals surface area contributed by atoms with Crippen molar-refractivity contribution >= 4 is 5.65 Å². The molecule has 5 rings (SSSR count). The lowest BCUT2D eigenvalue weighted by Gasteiger charge is -2.30. The molecule has 0 radical (unpaired) electrons. The number of alkyl halides is 3. The van der Waals surface area contributed by atoms with Crippen LogP contribution in [0.3, 0.4) is 0 Å². The molecule has 1 saturated heterocycles. The summed E-state index contributed by atoms with van der Waals surface area (Å²) in [7, 11) is 0. The third-order valence-corrected chi connectivity index (χ3v) is 6.78. The van der Waals surface area contributed by atoms with Gasteiger partial charge in [0.15, 0.2) is 5.65 Å². The second-order valence-electron chi connectivity index (χ2n) is 9.41. The monoisotopic (exact) mass is 530 g/mol. The van der Waals surface area contributed by atoms with Crippen LogP contribution in [0.15, 0.2) is 47.5 Å². The van der Waals surface area contributed by atoms with Gasteiger partial charge in [-0.25, -0.2) is 18.7 Å². The van der Waals surface area contributed by atoms with E-state index in [1.807, 2.05) is 0 Å². The largest absolute Gasteiger partial charge is 0.394 e. The number of nitrogens with zero attached hydrogens (tertiary/aromatic N) is 4. The van der Waals surface area contributed by atoms with Gasteiger partial charge in [-0.15, -0.1) is 0 Å². The van der Waals surface area contributed by atoms with Crippen molar-refractivity contribution in [2.75, 3.05) is 6.61 Å². The van der Waals surface area contributed by atoms with Gasteiger partial charge in [-0.1, -0.05) is 0 Å². The van der Waals surface area contributed by atoms with Crippen molar-refractivity contribution in [2.45, 2.75) is 51.3 Å². The van der Waals surface area contributed by atoms with Crippen LogP contribution in [0.1, 0.15) is 53.1 Å². The van der Waals surface area contributed by atoms with E-state index in [9.17, 15) is 26.7 Å². The van der Waals surface area contributed by atoms with Gasteiger partial charge in [0, 0.05) is 53.5 Å². The van der Waals surface area contributed by atoms with Crippen molar-refractivity contribution in [3.05, 3.63) is 92.9 Å². The van der Waals surface area contributed by atoms with E-state index in [0.717, 1.165) is 12.1 Å². The van der Waals surface area contributed by atoms with Crippen molar-refractivity contribution in [3.8, 4) is 11.3 Å². The standard InChI is InChI=1S/C27H23F5N4O2/c1-14-15(2)34-25-24(20-4-3-18(28)11-21(20)29)35-22(13-36(25)26(14)37)16-6-8-38-23(10-16)17-5-7-33-19(9-17)12-27(30,31)32/h3-5,7,9,11,13,16,23H,6,8,10,12H2,1-2H3/t16-,23+/m0/s1. The van der Waals surface area contributed by atoms with Crippen molar-refractivity contribution in [3.63, 3.8) is 0 Å². The molecule has 1 aliphatic heterocycles. The SMILES string of the molecule is Cc1nc2c(-c3ccc(F)cc3F)nc([C@H]3CCO[C@@H](c4ccnc(CC(F)(F)F)c4)C3)cn2c(=O)c1C. The molecule has 0 N–H and O–H groups in total. The Balaban J connectivity index is 1.58. The molecule has 0 spiro atoms. The average Bonchev–Trinajstić information content (AvgIpc) is 2.86. The third kappa shape index (κ3) is 5.15. The number of hydrogen-bond acceptors (Lipinski definition) is 5. The molecule has 0 bridgehead atoms. The van der Waals surface area contributed by atoms with Crippen LogP contribution in [0.5, 0.6) is 0 Å². The summed E-state index contributed by atoms with van der Waals surface area (Å²) < 4.78 is 74.3. The first-order chi connectivity index (χ1) is 18.0. The van der Waals surface area contributed by atoms with Gasteiger partial charge in [0.2, 0.25) is 0 Å². The highest BCUT2D eigenvalue weighted by molar-refractivity contribution is 5.74. The number of rotatable bonds is 4. The summed E-state index contributed by atoms with van der Waals surface area (Å²) in [6, 6.07) is 6.10. The summed E-state index contributed by atoms with van der Waals surface area (Å²) in [6.07, 6.45) is -2.28. The molecule has 2 atom stereocenters. The summed E-state index contributed by atoms with van der Waals surface area (Å²) >= 11 is 0. The molecule has 0 aliphatic carbocycles. The van der Waals surface area contributed by atoms with Gasteiger partial charge in [-0.2, -0.15) is 13.2 Å². The van der Waals surface area contributed by atoms with E-state index in [0.29, 0.717) is 42.0 Å². The summed E-state index contributed by atoms with van der Waals surface area (Å²) in [5.74, 6) is -1.85. The predicted molar refractivity (Wildman–Crippen MR) is 129 cm³/mol. The number of pyridine rings is 1. The van der Waals surface area contributed by atoms with Crippen LogP contribution in [-0.2, 0) is 11.2 Å². The summed E-state index contributed by atoms with van der Waals surface area (Å²) in [6.45, 7) is 3.61. The number of aromatic nitrogens is 4. The minimum atomic E-state index is -4.39. The first kappa shape index (κ1) is 25.9. The zero-order valence-electron chi connectivity index (χ0n) is 20.5. The Morgan fingerprint density at radius 1 is 1.11 bits per heavy atom. The lowest BCUT2D eigenvalue weighted by atomic mass is 9.89. The summed E-state index contributed by atoms with van der Waals surface area (Å²) in [5, 5.41) is 0. The molecule has 4 aromatic rings. The van der Waals surface area contributed by atoms with E-state index in [2.05, 4.69) is 9.97 Å². The Hall–Kier alpha value is -3.73. The predicted octanol–water partition coefficient (Wildman–Crippen LogP) is 5.79. The highest BCUT2D eigenvalue weighted by Crippen LogP contribution is 2.38. The van der Waals surface area contributed by atoms with Gasteiger partial charge in [0.05, 0.1) is 18.2 Å². The lowest BCUT2D eigenvalue weighted by Crippen LogP contribution is -2.24. The number of aryl methyl sites for hydroxylation is 1. The van der Waals surface area contributed by atoms with Gasteiger partial charge in [-0.05, 0) is 56.5 Å². The first-order valence-electron chi connectivity index (χ1n) is 12.0. The Kier molecular flexibility index (Phi) is 6.72. The van der Waals surface area contributed by atoms with Crippen LogP contribution in [0.25, 0.3) is 16.9 Å². The van der Waals surface area contributed by atoms with Crippen LogP contribution in [0.4, 0.5) is 22.0 Å². The molecule has 1 aliphatic rings. The highest BCUT2D eigenvalue weighted by atomic mass is 19.4. The Bertz CT molecular complexity index is 1580. The molecule has 3 aromatic heterocycles. The van der Waals surface area contributed by atoms with Gasteiger partial charge >= 0.3 is 6.18 Å². The molecule has 1 aromatic carbocycles. The number of halogens is 5. The van der Waals surface area contributed by atoms with Gasteiger partial charge in [0.25, 0.3) is 5.56 Å². The van der Waals surface area contributed by atoms with Gasteiger partial charge in [-0.3, -0.25) is 14.2 Å². The molecule has 4 heterocycles. The summed E-state index contributed by atoms with van der Waals surface area (Å²) in [4.78, 5) is 26.2. The van der Waals surface area contributed by atoms with Gasteiger partial charge < -0.3 is 4.74 Å². The van der Waals surface area contributed by atoms with Crippen LogP contribution in [-0.4, -0.2) is 32.1 Å². The molecule has 11 heteroatoms. The maximum atomic E-state index is 14.9. The molecular weight excluding hydrogens is 507 g/mol. The van der Waals surface area contributed by atoms with E-state index in [-0.39, 0.29) is 34.1 Å². The van der Waals surface area contributed by atoms with Crippen LogP contribution in [0, 0.1) is 25.5 Å². The molecule has 1 fully saturated rings. The van der Waals surface area contributed by atoms with Crippen LogP contribution >= 0.6 is 0 Å². The Morgan fingerprint density at radius 3 is 2.63 bits per heavy atom. The molecule has 198 valence electrons. The van der Waals surface area contributed by atoms with Crippen molar-refractivity contribution in [1.82, 2.24) is 19.4 Å². The Labute approximate surface area is 214 Å². The molecule has 0 unspecified atom stereocenters. The second-order valence-corrected chi connectivity index (χ2v) is 9.41. The van der Waals surface area contributed by atoms with Crippen LogP contribution in [0.2, 0.25) is 0 Å². The van der Waals surface area contributed by atoms with E-state index >= 15 is 0 Å².